The molecule has 1 aromatic carbocycles. The molecule has 0 saturated carbocycles. The first-order chi connectivity index (χ1) is 7.86. The van der Waals surface area contributed by atoms with Crippen LogP contribution in [0.3, 0.4) is 0 Å². The van der Waals surface area contributed by atoms with E-state index in [0.717, 1.165) is 28.1 Å². The Morgan fingerprint density at radius 2 is 2.12 bits per heavy atom. The number of fused-ring (bicyclic) bond motifs is 1. The zero-order chi connectivity index (χ0) is 11.0. The van der Waals surface area contributed by atoms with Crippen LogP contribution in [0.4, 0.5) is 0 Å². The highest BCUT2D eigenvalue weighted by molar-refractivity contribution is 5.86. The van der Waals surface area contributed by atoms with Gasteiger partial charge >= 0.3 is 0 Å². The molecule has 0 aliphatic heterocycles. The average Bonchev–Trinajstić information content (AvgIpc) is 2.96. The molecule has 0 aliphatic carbocycles. The van der Waals surface area contributed by atoms with E-state index in [0.29, 0.717) is 0 Å². The largest absolute Gasteiger partial charge is 0.497 e. The Hall–Kier alpha value is -2.16. The summed E-state index contributed by atoms with van der Waals surface area (Å²) in [6, 6.07) is 11.8. The van der Waals surface area contributed by atoms with Crippen molar-refractivity contribution in [1.29, 1.82) is 0 Å². The maximum Gasteiger partial charge on any atom is 0.150 e. The summed E-state index contributed by atoms with van der Waals surface area (Å²) in [5.74, 6) is 1.70. The smallest absolute Gasteiger partial charge is 0.150 e. The first kappa shape index (κ1) is 9.09. The van der Waals surface area contributed by atoms with Gasteiger partial charge in [0.05, 0.1) is 19.1 Å². The first-order valence-electron chi connectivity index (χ1n) is 5.07. The summed E-state index contributed by atoms with van der Waals surface area (Å²) in [6.07, 6.45) is 1.67. The Morgan fingerprint density at radius 1 is 1.19 bits per heavy atom. The van der Waals surface area contributed by atoms with Gasteiger partial charge in [-0.2, -0.15) is 0 Å². The predicted octanol–water partition coefficient (Wildman–Crippen LogP) is 3.44. The molecule has 0 unspecified atom stereocenters. The third-order valence-electron chi connectivity index (χ3n) is 2.61. The van der Waals surface area contributed by atoms with Crippen LogP contribution >= 0.6 is 0 Å². The van der Waals surface area contributed by atoms with E-state index in [9.17, 15) is 0 Å². The first-order valence-corrected chi connectivity index (χ1v) is 5.07. The van der Waals surface area contributed by atoms with Crippen LogP contribution in [-0.4, -0.2) is 12.1 Å². The van der Waals surface area contributed by atoms with Gasteiger partial charge in [-0.05, 0) is 36.4 Å². The molecular formula is C13H11NO2. The summed E-state index contributed by atoms with van der Waals surface area (Å²) >= 11 is 0. The summed E-state index contributed by atoms with van der Waals surface area (Å²) in [7, 11) is 1.67. The Bertz CT molecular complexity index is 608. The summed E-state index contributed by atoms with van der Waals surface area (Å²) in [6.45, 7) is 0. The molecule has 0 saturated heterocycles. The maximum atomic E-state index is 5.34. The van der Waals surface area contributed by atoms with Crippen molar-refractivity contribution < 1.29 is 9.15 Å². The van der Waals surface area contributed by atoms with Gasteiger partial charge in [0.1, 0.15) is 11.5 Å². The molecule has 3 heteroatoms. The molecular weight excluding hydrogens is 202 g/mol. The molecule has 0 fully saturated rings. The average molecular weight is 213 g/mol. The number of aromatic nitrogens is 1. The van der Waals surface area contributed by atoms with E-state index in [1.807, 2.05) is 30.3 Å². The van der Waals surface area contributed by atoms with Crippen LogP contribution in [0.2, 0.25) is 0 Å². The summed E-state index contributed by atoms with van der Waals surface area (Å²) in [4.78, 5) is 3.30. The number of ether oxygens (including phenoxy) is 1. The third-order valence-corrected chi connectivity index (χ3v) is 2.61. The highest BCUT2D eigenvalue weighted by Gasteiger charge is 2.05. The predicted molar refractivity (Wildman–Crippen MR) is 62.6 cm³/mol. The van der Waals surface area contributed by atoms with Crippen LogP contribution < -0.4 is 4.74 Å². The molecule has 2 aromatic heterocycles. The molecule has 3 rings (SSSR count). The number of H-pyrrole nitrogens is 1. The molecule has 0 amide bonds. The topological polar surface area (TPSA) is 38.2 Å². The second kappa shape index (κ2) is 3.45. The van der Waals surface area contributed by atoms with Gasteiger partial charge in [-0.25, -0.2) is 0 Å². The van der Waals surface area contributed by atoms with Crippen LogP contribution in [0.25, 0.3) is 22.4 Å². The van der Waals surface area contributed by atoms with Crippen LogP contribution in [-0.2, 0) is 0 Å². The van der Waals surface area contributed by atoms with Crippen molar-refractivity contribution in [2.24, 2.45) is 0 Å². The Morgan fingerprint density at radius 3 is 2.88 bits per heavy atom. The monoisotopic (exact) mass is 213 g/mol. The minimum absolute atomic E-state index is 0.843. The van der Waals surface area contributed by atoms with Gasteiger partial charge in [0, 0.05) is 10.9 Å². The van der Waals surface area contributed by atoms with Crippen LogP contribution in [0, 0.1) is 0 Å². The van der Waals surface area contributed by atoms with E-state index < -0.39 is 0 Å². The molecule has 16 heavy (non-hydrogen) atoms. The lowest BCUT2D eigenvalue weighted by Gasteiger charge is -1.97. The standard InChI is InChI=1S/C13H11NO2/c1-15-10-4-5-11-9(7-10)8-12(14-11)13-3-2-6-16-13/h2-8,14H,1H3. The van der Waals surface area contributed by atoms with Gasteiger partial charge in [0.2, 0.25) is 0 Å². The zero-order valence-corrected chi connectivity index (χ0v) is 8.86. The third kappa shape index (κ3) is 1.37. The molecule has 3 nitrogen and oxygen atoms in total. The molecule has 0 spiro atoms. The van der Waals surface area contributed by atoms with Crippen molar-refractivity contribution >= 4 is 10.9 Å². The minimum Gasteiger partial charge on any atom is -0.497 e. The lowest BCUT2D eigenvalue weighted by molar-refractivity contribution is 0.415. The second-order valence-electron chi connectivity index (χ2n) is 3.61. The zero-order valence-electron chi connectivity index (χ0n) is 8.86. The number of rotatable bonds is 2. The Labute approximate surface area is 92.7 Å². The van der Waals surface area contributed by atoms with E-state index in [1.165, 1.54) is 0 Å². The number of aromatic amines is 1. The van der Waals surface area contributed by atoms with E-state index in [4.69, 9.17) is 9.15 Å². The molecule has 2 heterocycles. The van der Waals surface area contributed by atoms with Gasteiger partial charge in [0.15, 0.2) is 0 Å². The minimum atomic E-state index is 0.843. The normalized spacial score (nSPS) is 10.8. The van der Waals surface area contributed by atoms with E-state index in [2.05, 4.69) is 11.1 Å². The molecule has 0 atom stereocenters. The molecule has 1 N–H and O–H groups in total. The highest BCUT2D eigenvalue weighted by Crippen LogP contribution is 2.26. The molecule has 0 aliphatic rings. The SMILES string of the molecule is COc1ccc2[nH]c(-c3ccco3)cc2c1. The number of nitrogens with one attached hydrogen (secondary N) is 1. The van der Waals surface area contributed by atoms with Gasteiger partial charge in [-0.1, -0.05) is 0 Å². The van der Waals surface area contributed by atoms with Crippen LogP contribution in [0.1, 0.15) is 0 Å². The highest BCUT2D eigenvalue weighted by atomic mass is 16.5. The fraction of sp³-hybridized carbons (Fsp3) is 0.0769. The lowest BCUT2D eigenvalue weighted by atomic mass is 10.2. The van der Waals surface area contributed by atoms with Gasteiger partial charge in [-0.15, -0.1) is 0 Å². The number of benzene rings is 1. The van der Waals surface area contributed by atoms with Crippen molar-refractivity contribution in [3.63, 3.8) is 0 Å². The number of hydrogen-bond acceptors (Lipinski definition) is 2. The lowest BCUT2D eigenvalue weighted by Crippen LogP contribution is -1.80. The molecule has 0 bridgehead atoms. The van der Waals surface area contributed by atoms with Crippen molar-refractivity contribution in [1.82, 2.24) is 4.98 Å². The van der Waals surface area contributed by atoms with Gasteiger partial charge in [-0.3, -0.25) is 0 Å². The molecule has 3 aromatic rings. The summed E-state index contributed by atoms with van der Waals surface area (Å²) in [5, 5.41) is 1.12. The Balaban J connectivity index is 2.16. The number of hydrogen-bond donors (Lipinski definition) is 1. The summed E-state index contributed by atoms with van der Waals surface area (Å²) < 4.78 is 10.5. The summed E-state index contributed by atoms with van der Waals surface area (Å²) in [5.41, 5.74) is 2.06. The van der Waals surface area contributed by atoms with Crippen molar-refractivity contribution in [2.45, 2.75) is 0 Å². The van der Waals surface area contributed by atoms with Gasteiger partial charge < -0.3 is 14.1 Å². The number of furan rings is 1. The fourth-order valence-electron chi connectivity index (χ4n) is 1.80. The van der Waals surface area contributed by atoms with Crippen molar-refractivity contribution in [2.75, 3.05) is 7.11 Å². The van der Waals surface area contributed by atoms with Crippen molar-refractivity contribution in [3.05, 3.63) is 42.7 Å². The number of methoxy groups -OCH3 is 1. The quantitative estimate of drug-likeness (QED) is 0.708. The van der Waals surface area contributed by atoms with E-state index in [-0.39, 0.29) is 0 Å². The molecule has 0 radical (unpaired) electrons. The molecule has 80 valence electrons. The van der Waals surface area contributed by atoms with E-state index in [1.54, 1.807) is 13.4 Å². The van der Waals surface area contributed by atoms with Crippen molar-refractivity contribution in [3.8, 4) is 17.2 Å². The van der Waals surface area contributed by atoms with Crippen LogP contribution in [0.5, 0.6) is 5.75 Å². The van der Waals surface area contributed by atoms with Gasteiger partial charge in [0.25, 0.3) is 0 Å². The van der Waals surface area contributed by atoms with E-state index >= 15 is 0 Å². The maximum absolute atomic E-state index is 5.34. The Kier molecular flexibility index (Phi) is 1.96. The fourth-order valence-corrected chi connectivity index (χ4v) is 1.80. The van der Waals surface area contributed by atoms with Crippen LogP contribution in [0.15, 0.2) is 47.1 Å². The second-order valence-corrected chi connectivity index (χ2v) is 3.61.